The lowest BCUT2D eigenvalue weighted by Crippen LogP contribution is -2.35. The fraction of sp³-hybridized carbons (Fsp3) is 0.556. The van der Waals surface area contributed by atoms with Crippen LogP contribution in [0.4, 0.5) is 5.69 Å². The van der Waals surface area contributed by atoms with Crippen molar-refractivity contribution in [3.05, 3.63) is 29.8 Å². The van der Waals surface area contributed by atoms with E-state index in [-0.39, 0.29) is 23.8 Å². The van der Waals surface area contributed by atoms with Crippen LogP contribution >= 0.6 is 0 Å². The van der Waals surface area contributed by atoms with Gasteiger partial charge in [0.1, 0.15) is 0 Å². The topological polar surface area (TPSA) is 49.4 Å². The summed E-state index contributed by atoms with van der Waals surface area (Å²) in [6.07, 6.45) is 1.23. The first kappa shape index (κ1) is 16.5. The number of carbonyl (C=O) groups excluding carboxylic acids is 2. The lowest BCUT2D eigenvalue weighted by atomic mass is 10.0. The zero-order chi connectivity index (χ0) is 16.3. The van der Waals surface area contributed by atoms with E-state index in [1.165, 1.54) is 0 Å². The molecule has 1 aliphatic heterocycles. The molecule has 2 rings (SSSR count). The summed E-state index contributed by atoms with van der Waals surface area (Å²) in [6.45, 7) is 8.84. The number of anilines is 1. The number of likely N-dealkylation sites (tertiary alicyclic amines) is 1. The molecule has 1 aromatic carbocycles. The van der Waals surface area contributed by atoms with Crippen LogP contribution < -0.4 is 5.32 Å². The summed E-state index contributed by atoms with van der Waals surface area (Å²) in [5.41, 5.74) is 1.98. The molecule has 1 N–H and O–H groups in total. The summed E-state index contributed by atoms with van der Waals surface area (Å²) in [5.74, 6) is 0.138. The lowest BCUT2D eigenvalue weighted by Gasteiger charge is -2.23. The minimum absolute atomic E-state index is 0.0488. The summed E-state index contributed by atoms with van der Waals surface area (Å²) in [6, 6.07) is 8.07. The Hall–Kier alpha value is -1.84. The number of hydrogen-bond donors (Lipinski definition) is 1. The van der Waals surface area contributed by atoms with Gasteiger partial charge in [-0.3, -0.25) is 9.59 Å². The molecule has 1 saturated heterocycles. The quantitative estimate of drug-likeness (QED) is 0.906. The van der Waals surface area contributed by atoms with Crippen molar-refractivity contribution < 1.29 is 9.59 Å². The standard InChI is InChI=1S/C18H26N2O2/c1-5-13(4)20-11-14(10-17(20)21)18(22)19-16-9-7-6-8-15(16)12(2)3/h6-9,12-14H,5,10-11H2,1-4H3,(H,19,22). The van der Waals surface area contributed by atoms with E-state index in [9.17, 15) is 9.59 Å². The summed E-state index contributed by atoms with van der Waals surface area (Å²) in [5, 5.41) is 3.01. The van der Waals surface area contributed by atoms with E-state index in [2.05, 4.69) is 26.1 Å². The van der Waals surface area contributed by atoms with Crippen molar-refractivity contribution >= 4 is 17.5 Å². The number of hydrogen-bond acceptors (Lipinski definition) is 2. The molecule has 120 valence electrons. The molecular weight excluding hydrogens is 276 g/mol. The largest absolute Gasteiger partial charge is 0.339 e. The van der Waals surface area contributed by atoms with E-state index in [4.69, 9.17) is 0 Å². The van der Waals surface area contributed by atoms with E-state index >= 15 is 0 Å². The Balaban J connectivity index is 2.07. The molecule has 1 aromatic rings. The summed E-state index contributed by atoms with van der Waals surface area (Å²) in [4.78, 5) is 26.4. The van der Waals surface area contributed by atoms with Gasteiger partial charge in [0.05, 0.1) is 5.92 Å². The lowest BCUT2D eigenvalue weighted by molar-refractivity contribution is -0.129. The van der Waals surface area contributed by atoms with Gasteiger partial charge in [0.15, 0.2) is 0 Å². The number of amides is 2. The molecule has 0 aromatic heterocycles. The molecule has 1 aliphatic rings. The third kappa shape index (κ3) is 3.49. The van der Waals surface area contributed by atoms with Gasteiger partial charge in [-0.1, -0.05) is 39.0 Å². The predicted molar refractivity (Wildman–Crippen MR) is 88.7 cm³/mol. The smallest absolute Gasteiger partial charge is 0.229 e. The minimum Gasteiger partial charge on any atom is -0.339 e. The first-order chi connectivity index (χ1) is 10.4. The molecule has 22 heavy (non-hydrogen) atoms. The van der Waals surface area contributed by atoms with Crippen LogP contribution in [0.5, 0.6) is 0 Å². The summed E-state index contributed by atoms with van der Waals surface area (Å²) in [7, 11) is 0. The zero-order valence-electron chi connectivity index (χ0n) is 13.9. The number of nitrogens with one attached hydrogen (secondary N) is 1. The molecule has 4 heteroatoms. The van der Waals surface area contributed by atoms with Crippen LogP contribution in [0.15, 0.2) is 24.3 Å². The molecule has 0 spiro atoms. The maximum Gasteiger partial charge on any atom is 0.229 e. The molecule has 0 bridgehead atoms. The van der Waals surface area contributed by atoms with Gasteiger partial charge in [-0.25, -0.2) is 0 Å². The fourth-order valence-corrected chi connectivity index (χ4v) is 2.90. The third-order valence-electron chi connectivity index (χ3n) is 4.49. The van der Waals surface area contributed by atoms with Gasteiger partial charge in [0.2, 0.25) is 11.8 Å². The maximum absolute atomic E-state index is 12.5. The van der Waals surface area contributed by atoms with Crippen molar-refractivity contribution in [2.24, 2.45) is 5.92 Å². The normalized spacial score (nSPS) is 19.6. The van der Waals surface area contributed by atoms with Crippen LogP contribution in [0.2, 0.25) is 0 Å². The van der Waals surface area contributed by atoms with E-state index in [1.54, 1.807) is 0 Å². The van der Waals surface area contributed by atoms with Crippen molar-refractivity contribution in [3.8, 4) is 0 Å². The molecule has 0 radical (unpaired) electrons. The van der Waals surface area contributed by atoms with Gasteiger partial charge in [0.25, 0.3) is 0 Å². The zero-order valence-corrected chi connectivity index (χ0v) is 13.9. The van der Waals surface area contributed by atoms with Crippen molar-refractivity contribution in [1.82, 2.24) is 4.90 Å². The highest BCUT2D eigenvalue weighted by Crippen LogP contribution is 2.26. The summed E-state index contributed by atoms with van der Waals surface area (Å²) >= 11 is 0. The van der Waals surface area contributed by atoms with E-state index in [1.807, 2.05) is 36.1 Å². The number of rotatable bonds is 5. The molecule has 2 amide bonds. The number of para-hydroxylation sites is 1. The average molecular weight is 302 g/mol. The average Bonchev–Trinajstić information content (AvgIpc) is 2.89. The molecule has 4 nitrogen and oxygen atoms in total. The van der Waals surface area contributed by atoms with Crippen molar-refractivity contribution in [3.63, 3.8) is 0 Å². The van der Waals surface area contributed by atoms with Gasteiger partial charge in [-0.15, -0.1) is 0 Å². The van der Waals surface area contributed by atoms with Crippen LogP contribution in [-0.2, 0) is 9.59 Å². The molecule has 2 atom stereocenters. The highest BCUT2D eigenvalue weighted by molar-refractivity contribution is 5.97. The Morgan fingerprint density at radius 1 is 1.32 bits per heavy atom. The van der Waals surface area contributed by atoms with Crippen molar-refractivity contribution in [1.29, 1.82) is 0 Å². The molecule has 1 fully saturated rings. The Kier molecular flexibility index (Phi) is 5.22. The number of benzene rings is 1. The van der Waals surface area contributed by atoms with Crippen LogP contribution in [0.1, 0.15) is 52.0 Å². The van der Waals surface area contributed by atoms with E-state index < -0.39 is 0 Å². The highest BCUT2D eigenvalue weighted by atomic mass is 16.2. The van der Waals surface area contributed by atoms with E-state index in [0.29, 0.717) is 18.9 Å². The maximum atomic E-state index is 12.5. The van der Waals surface area contributed by atoms with Crippen LogP contribution in [-0.4, -0.2) is 29.3 Å². The molecule has 2 unspecified atom stereocenters. The molecular formula is C18H26N2O2. The van der Waals surface area contributed by atoms with Gasteiger partial charge < -0.3 is 10.2 Å². The molecule has 0 saturated carbocycles. The number of nitrogens with zero attached hydrogens (tertiary/aromatic N) is 1. The Morgan fingerprint density at radius 3 is 2.64 bits per heavy atom. The minimum atomic E-state index is -0.248. The second-order valence-electron chi connectivity index (χ2n) is 6.44. The first-order valence-corrected chi connectivity index (χ1v) is 8.13. The second kappa shape index (κ2) is 6.95. The van der Waals surface area contributed by atoms with Gasteiger partial charge in [-0.05, 0) is 30.9 Å². The molecule has 1 heterocycles. The second-order valence-corrected chi connectivity index (χ2v) is 6.44. The predicted octanol–water partition coefficient (Wildman–Crippen LogP) is 3.40. The fourth-order valence-electron chi connectivity index (χ4n) is 2.90. The van der Waals surface area contributed by atoms with Crippen LogP contribution in [0, 0.1) is 5.92 Å². The Bertz CT molecular complexity index is 554. The van der Waals surface area contributed by atoms with Gasteiger partial charge in [0, 0.05) is 24.7 Å². The SMILES string of the molecule is CCC(C)N1CC(C(=O)Nc2ccccc2C(C)C)CC1=O. The van der Waals surface area contributed by atoms with Gasteiger partial charge >= 0.3 is 0 Å². The Labute approximate surface area is 132 Å². The third-order valence-corrected chi connectivity index (χ3v) is 4.49. The highest BCUT2D eigenvalue weighted by Gasteiger charge is 2.36. The molecule has 0 aliphatic carbocycles. The Morgan fingerprint density at radius 2 is 2.00 bits per heavy atom. The summed E-state index contributed by atoms with van der Waals surface area (Å²) < 4.78 is 0. The van der Waals surface area contributed by atoms with E-state index in [0.717, 1.165) is 17.7 Å². The van der Waals surface area contributed by atoms with Crippen molar-refractivity contribution in [2.45, 2.75) is 52.5 Å². The first-order valence-electron chi connectivity index (χ1n) is 8.13. The monoisotopic (exact) mass is 302 g/mol. The van der Waals surface area contributed by atoms with Crippen molar-refractivity contribution in [2.75, 3.05) is 11.9 Å². The number of carbonyl (C=O) groups is 2. The van der Waals surface area contributed by atoms with Gasteiger partial charge in [-0.2, -0.15) is 0 Å². The van der Waals surface area contributed by atoms with Crippen LogP contribution in [0.3, 0.4) is 0 Å². The van der Waals surface area contributed by atoms with Crippen LogP contribution in [0.25, 0.3) is 0 Å².